The number of methoxy groups -OCH3 is 1. The Bertz CT molecular complexity index is 710. The summed E-state index contributed by atoms with van der Waals surface area (Å²) in [6, 6.07) is 12.6. The Morgan fingerprint density at radius 3 is 2.90 bits per heavy atom. The van der Waals surface area contributed by atoms with Crippen LogP contribution in [0, 0.1) is 0 Å². The first-order chi connectivity index (χ1) is 10.4. The van der Waals surface area contributed by atoms with Crippen molar-refractivity contribution in [3.05, 3.63) is 58.5 Å². The van der Waals surface area contributed by atoms with Crippen LogP contribution in [0.15, 0.2) is 48.0 Å². The highest BCUT2D eigenvalue weighted by atomic mass is 32.1. The average Bonchev–Trinajstić information content (AvgIpc) is 3.04. The molecular weight excluding hydrogens is 280 g/mol. The highest BCUT2D eigenvalue weighted by molar-refractivity contribution is 7.09. The van der Waals surface area contributed by atoms with Gasteiger partial charge in [0.2, 0.25) is 0 Å². The quantitative estimate of drug-likeness (QED) is 0.706. The second kappa shape index (κ2) is 6.70. The topological polar surface area (TPSA) is 34.1 Å². The normalized spacial score (nSPS) is 10.9. The van der Waals surface area contributed by atoms with E-state index in [0.717, 1.165) is 25.3 Å². The van der Waals surface area contributed by atoms with Gasteiger partial charge in [0.1, 0.15) is 5.75 Å². The van der Waals surface area contributed by atoms with Gasteiger partial charge in [0.05, 0.1) is 12.1 Å². The lowest BCUT2D eigenvalue weighted by molar-refractivity contribution is 0.409. The molecule has 2 aromatic carbocycles. The third-order valence-corrected chi connectivity index (χ3v) is 4.36. The summed E-state index contributed by atoms with van der Waals surface area (Å²) in [6.07, 6.45) is 2.82. The van der Waals surface area contributed by atoms with Crippen LogP contribution in [-0.2, 0) is 13.0 Å². The zero-order valence-corrected chi connectivity index (χ0v) is 12.8. The second-order valence-corrected chi connectivity index (χ2v) is 5.80. The summed E-state index contributed by atoms with van der Waals surface area (Å²) in [7, 11) is 1.73. The Hall–Kier alpha value is -1.91. The van der Waals surface area contributed by atoms with E-state index in [1.165, 1.54) is 21.3 Å². The van der Waals surface area contributed by atoms with Gasteiger partial charge in [0.15, 0.2) is 0 Å². The van der Waals surface area contributed by atoms with E-state index in [-0.39, 0.29) is 0 Å². The molecule has 0 aliphatic rings. The second-order valence-electron chi connectivity index (χ2n) is 4.82. The van der Waals surface area contributed by atoms with Gasteiger partial charge in [-0.2, -0.15) is 0 Å². The van der Waals surface area contributed by atoms with Crippen molar-refractivity contribution in [2.75, 3.05) is 13.7 Å². The molecule has 0 amide bonds. The number of fused-ring (bicyclic) bond motifs is 1. The zero-order valence-electron chi connectivity index (χ0n) is 12.0. The van der Waals surface area contributed by atoms with Crippen LogP contribution in [0.25, 0.3) is 10.8 Å². The number of hydrogen-bond acceptors (Lipinski definition) is 4. The fourth-order valence-electron chi connectivity index (χ4n) is 2.47. The maximum absolute atomic E-state index is 5.51. The first-order valence-electron chi connectivity index (χ1n) is 7.02. The van der Waals surface area contributed by atoms with Crippen molar-refractivity contribution < 1.29 is 4.74 Å². The summed E-state index contributed by atoms with van der Waals surface area (Å²) in [5.74, 6) is 0.940. The Morgan fingerprint density at radius 1 is 1.19 bits per heavy atom. The molecule has 0 atom stereocenters. The van der Waals surface area contributed by atoms with Gasteiger partial charge >= 0.3 is 0 Å². The summed E-state index contributed by atoms with van der Waals surface area (Å²) in [4.78, 5) is 4.30. The van der Waals surface area contributed by atoms with E-state index in [1.807, 2.05) is 17.6 Å². The molecule has 0 unspecified atom stereocenters. The fraction of sp³-hybridized carbons (Fsp3) is 0.235. The van der Waals surface area contributed by atoms with E-state index in [0.29, 0.717) is 0 Å². The van der Waals surface area contributed by atoms with Gasteiger partial charge < -0.3 is 10.1 Å². The molecule has 0 aliphatic heterocycles. The van der Waals surface area contributed by atoms with Crippen LogP contribution in [-0.4, -0.2) is 18.6 Å². The zero-order chi connectivity index (χ0) is 14.5. The standard InChI is InChI=1S/C17H18N2OS/c1-20-16-7-6-13-4-2-3-5-14(13)15(16)12-18-9-8-17-19-10-11-21-17/h2-7,10-11,18H,8-9,12H2,1H3. The number of ether oxygens (including phenoxy) is 1. The van der Waals surface area contributed by atoms with Gasteiger partial charge in [-0.15, -0.1) is 11.3 Å². The molecule has 4 heteroatoms. The first kappa shape index (κ1) is 14.0. The lowest BCUT2D eigenvalue weighted by atomic mass is 10.0. The van der Waals surface area contributed by atoms with Crippen molar-refractivity contribution in [1.29, 1.82) is 0 Å². The largest absolute Gasteiger partial charge is 0.496 e. The molecule has 0 spiro atoms. The molecular formula is C17H18N2OS. The van der Waals surface area contributed by atoms with Crippen molar-refractivity contribution in [2.24, 2.45) is 0 Å². The molecule has 0 radical (unpaired) electrons. The number of aromatic nitrogens is 1. The monoisotopic (exact) mass is 298 g/mol. The summed E-state index contributed by atoms with van der Waals surface area (Å²) in [5.41, 5.74) is 1.22. The van der Waals surface area contributed by atoms with Gasteiger partial charge in [0, 0.05) is 36.7 Å². The molecule has 3 rings (SSSR count). The Morgan fingerprint density at radius 2 is 2.10 bits per heavy atom. The summed E-state index contributed by atoms with van der Waals surface area (Å²) in [6.45, 7) is 1.72. The van der Waals surface area contributed by atoms with Crippen molar-refractivity contribution in [1.82, 2.24) is 10.3 Å². The predicted octanol–water partition coefficient (Wildman–Crippen LogP) is 3.64. The minimum absolute atomic E-state index is 0.801. The first-order valence-corrected chi connectivity index (χ1v) is 7.90. The van der Waals surface area contributed by atoms with Gasteiger partial charge in [0.25, 0.3) is 0 Å². The molecule has 0 aliphatic carbocycles. The third-order valence-electron chi connectivity index (χ3n) is 3.52. The highest BCUT2D eigenvalue weighted by Crippen LogP contribution is 2.27. The van der Waals surface area contributed by atoms with Crippen LogP contribution >= 0.6 is 11.3 Å². The number of rotatable bonds is 6. The van der Waals surface area contributed by atoms with E-state index in [9.17, 15) is 0 Å². The van der Waals surface area contributed by atoms with E-state index in [4.69, 9.17) is 4.74 Å². The number of thiazole rings is 1. The minimum Gasteiger partial charge on any atom is -0.496 e. The van der Waals surface area contributed by atoms with Crippen molar-refractivity contribution in [2.45, 2.75) is 13.0 Å². The summed E-state index contributed by atoms with van der Waals surface area (Å²) >= 11 is 1.70. The van der Waals surface area contributed by atoms with Gasteiger partial charge in [-0.25, -0.2) is 4.98 Å². The third kappa shape index (κ3) is 3.23. The van der Waals surface area contributed by atoms with Gasteiger partial charge in [-0.3, -0.25) is 0 Å². The van der Waals surface area contributed by atoms with E-state index in [1.54, 1.807) is 18.4 Å². The molecule has 0 bridgehead atoms. The summed E-state index contributed by atoms with van der Waals surface area (Å²) < 4.78 is 5.51. The molecule has 3 aromatic rings. The molecule has 1 aromatic heterocycles. The lowest BCUT2D eigenvalue weighted by Gasteiger charge is -2.12. The van der Waals surface area contributed by atoms with Crippen molar-refractivity contribution >= 4 is 22.1 Å². The van der Waals surface area contributed by atoms with Gasteiger partial charge in [-0.1, -0.05) is 30.3 Å². The van der Waals surface area contributed by atoms with Crippen LogP contribution in [0.5, 0.6) is 5.75 Å². The number of nitrogens with zero attached hydrogens (tertiary/aromatic N) is 1. The van der Waals surface area contributed by atoms with Crippen LogP contribution in [0.4, 0.5) is 0 Å². The van der Waals surface area contributed by atoms with Crippen LogP contribution in [0.3, 0.4) is 0 Å². The summed E-state index contributed by atoms with van der Waals surface area (Å²) in [5, 5.41) is 9.18. The molecule has 0 saturated heterocycles. The Labute approximate surface area is 128 Å². The maximum Gasteiger partial charge on any atom is 0.123 e. The van der Waals surface area contributed by atoms with Crippen LogP contribution in [0.2, 0.25) is 0 Å². The molecule has 0 fully saturated rings. The lowest BCUT2D eigenvalue weighted by Crippen LogP contribution is -2.17. The number of benzene rings is 2. The molecule has 21 heavy (non-hydrogen) atoms. The molecule has 1 heterocycles. The Balaban J connectivity index is 1.72. The van der Waals surface area contributed by atoms with Gasteiger partial charge in [-0.05, 0) is 16.8 Å². The molecule has 1 N–H and O–H groups in total. The van der Waals surface area contributed by atoms with E-state index >= 15 is 0 Å². The highest BCUT2D eigenvalue weighted by Gasteiger charge is 2.07. The SMILES string of the molecule is COc1ccc2ccccc2c1CNCCc1nccs1. The number of hydrogen-bond donors (Lipinski definition) is 1. The smallest absolute Gasteiger partial charge is 0.123 e. The van der Waals surface area contributed by atoms with Crippen LogP contribution < -0.4 is 10.1 Å². The molecule has 108 valence electrons. The van der Waals surface area contributed by atoms with E-state index < -0.39 is 0 Å². The predicted molar refractivity (Wildman–Crippen MR) is 88.0 cm³/mol. The number of nitrogens with one attached hydrogen (secondary N) is 1. The van der Waals surface area contributed by atoms with E-state index in [2.05, 4.69) is 40.6 Å². The van der Waals surface area contributed by atoms with Crippen molar-refractivity contribution in [3.8, 4) is 5.75 Å². The Kier molecular flexibility index (Phi) is 4.48. The molecule has 3 nitrogen and oxygen atoms in total. The molecule has 0 saturated carbocycles. The minimum atomic E-state index is 0.801. The van der Waals surface area contributed by atoms with Crippen molar-refractivity contribution in [3.63, 3.8) is 0 Å². The fourth-order valence-corrected chi connectivity index (χ4v) is 3.10. The average molecular weight is 298 g/mol. The van der Waals surface area contributed by atoms with Crippen LogP contribution in [0.1, 0.15) is 10.6 Å². The maximum atomic E-state index is 5.51.